The number of nitrogens with zero attached hydrogens (tertiary/aromatic N) is 2. The predicted octanol–water partition coefficient (Wildman–Crippen LogP) is 0.672. The number of phenols is 1. The molecule has 0 radical (unpaired) electrons. The van der Waals surface area contributed by atoms with Gasteiger partial charge in [-0.2, -0.15) is 4.98 Å². The van der Waals surface area contributed by atoms with Gasteiger partial charge in [0.15, 0.2) is 11.5 Å². The minimum Gasteiger partial charge on any atom is -0.508 e. The highest BCUT2D eigenvalue weighted by Crippen LogP contribution is 2.41. The third kappa shape index (κ3) is 1.74. The number of phenolic OH excluding ortho intramolecular Hbond substituents is 1. The van der Waals surface area contributed by atoms with E-state index in [1.54, 1.807) is 0 Å². The Kier molecular flexibility index (Phi) is 2.52. The molecule has 3 N–H and O–H groups in total. The lowest BCUT2D eigenvalue weighted by Gasteiger charge is -2.20. The smallest absolute Gasteiger partial charge is 0.240 e. The molecule has 0 amide bonds. The van der Waals surface area contributed by atoms with E-state index in [2.05, 4.69) is 10.1 Å². The Morgan fingerprint density at radius 3 is 2.89 bits per heavy atom. The van der Waals surface area contributed by atoms with Gasteiger partial charge in [-0.15, -0.1) is 0 Å². The summed E-state index contributed by atoms with van der Waals surface area (Å²) in [7, 11) is 0. The lowest BCUT2D eigenvalue weighted by molar-refractivity contribution is 0.171. The quantitative estimate of drug-likeness (QED) is 0.806. The number of aromatic hydroxyl groups is 1. The van der Waals surface area contributed by atoms with Gasteiger partial charge in [-0.25, -0.2) is 0 Å². The molecule has 0 unspecified atom stereocenters. The van der Waals surface area contributed by atoms with Crippen LogP contribution in [0.15, 0.2) is 16.7 Å². The summed E-state index contributed by atoms with van der Waals surface area (Å²) in [4.78, 5) is 4.10. The van der Waals surface area contributed by atoms with Gasteiger partial charge in [0.25, 0.3) is 0 Å². The van der Waals surface area contributed by atoms with E-state index in [4.69, 9.17) is 19.7 Å². The average Bonchev–Trinajstić information content (AvgIpc) is 2.86. The molecule has 7 nitrogen and oxygen atoms in total. The van der Waals surface area contributed by atoms with Crippen molar-refractivity contribution in [2.45, 2.75) is 6.54 Å². The van der Waals surface area contributed by atoms with Crippen LogP contribution >= 0.6 is 0 Å². The highest BCUT2D eigenvalue weighted by Gasteiger charge is 2.21. The van der Waals surface area contributed by atoms with Crippen molar-refractivity contribution in [2.24, 2.45) is 5.73 Å². The van der Waals surface area contributed by atoms with Gasteiger partial charge in [-0.1, -0.05) is 5.16 Å². The number of hydrogen-bond acceptors (Lipinski definition) is 7. The van der Waals surface area contributed by atoms with Gasteiger partial charge in [-0.3, -0.25) is 0 Å². The van der Waals surface area contributed by atoms with E-state index in [1.165, 1.54) is 12.1 Å². The second-order valence-electron chi connectivity index (χ2n) is 3.73. The number of aromatic nitrogens is 2. The van der Waals surface area contributed by atoms with Gasteiger partial charge in [0.1, 0.15) is 19.0 Å². The maximum Gasteiger partial charge on any atom is 0.240 e. The number of rotatable bonds is 2. The number of nitrogens with two attached hydrogens (primary N) is 1. The van der Waals surface area contributed by atoms with E-state index in [-0.39, 0.29) is 12.3 Å². The Morgan fingerprint density at radius 1 is 1.28 bits per heavy atom. The van der Waals surface area contributed by atoms with Crippen LogP contribution in [0.4, 0.5) is 0 Å². The Labute approximate surface area is 102 Å². The molecule has 1 aromatic carbocycles. The summed E-state index contributed by atoms with van der Waals surface area (Å²) in [6, 6.07) is 2.99. The first kappa shape index (κ1) is 10.8. The number of fused-ring (bicyclic) bond motifs is 1. The Hall–Kier alpha value is -2.28. The highest BCUT2D eigenvalue weighted by atomic mass is 16.6. The number of hydrogen-bond donors (Lipinski definition) is 2. The molecule has 0 atom stereocenters. The largest absolute Gasteiger partial charge is 0.508 e. The van der Waals surface area contributed by atoms with Gasteiger partial charge in [-0.05, 0) is 6.07 Å². The van der Waals surface area contributed by atoms with Crippen molar-refractivity contribution in [3.8, 4) is 28.6 Å². The SMILES string of the molecule is NCc1nc(-c2cc(O)cc3c2OCCO3)no1. The van der Waals surface area contributed by atoms with Gasteiger partial charge in [0.05, 0.1) is 12.1 Å². The normalized spacial score (nSPS) is 13.6. The highest BCUT2D eigenvalue weighted by molar-refractivity contribution is 5.71. The van der Waals surface area contributed by atoms with E-state index in [0.717, 1.165) is 0 Å². The minimum absolute atomic E-state index is 0.0494. The van der Waals surface area contributed by atoms with Crippen LogP contribution in [-0.4, -0.2) is 28.5 Å². The first-order valence-corrected chi connectivity index (χ1v) is 5.43. The number of ether oxygens (including phenoxy) is 2. The molecular formula is C11H11N3O4. The molecule has 0 bridgehead atoms. The van der Waals surface area contributed by atoms with Gasteiger partial charge in [0.2, 0.25) is 11.7 Å². The van der Waals surface area contributed by atoms with Crippen LogP contribution in [0.3, 0.4) is 0 Å². The van der Waals surface area contributed by atoms with E-state index >= 15 is 0 Å². The fraction of sp³-hybridized carbons (Fsp3) is 0.273. The first-order chi connectivity index (χ1) is 8.78. The number of benzene rings is 1. The molecule has 1 aromatic heterocycles. The third-order valence-corrected chi connectivity index (χ3v) is 2.51. The second kappa shape index (κ2) is 4.19. The summed E-state index contributed by atoms with van der Waals surface area (Å²) in [5, 5.41) is 13.4. The van der Waals surface area contributed by atoms with E-state index < -0.39 is 0 Å². The Balaban J connectivity index is 2.12. The fourth-order valence-electron chi connectivity index (χ4n) is 1.75. The van der Waals surface area contributed by atoms with Crippen molar-refractivity contribution in [3.05, 3.63) is 18.0 Å². The molecule has 94 valence electrons. The van der Waals surface area contributed by atoms with Crippen LogP contribution in [-0.2, 0) is 6.54 Å². The van der Waals surface area contributed by atoms with Crippen LogP contribution in [0, 0.1) is 0 Å². The lowest BCUT2D eigenvalue weighted by Crippen LogP contribution is -2.16. The van der Waals surface area contributed by atoms with Gasteiger partial charge >= 0.3 is 0 Å². The standard InChI is InChI=1S/C11H11N3O4/c12-5-9-13-11(14-18-9)7-3-6(15)4-8-10(7)17-2-1-16-8/h3-4,15H,1-2,5,12H2. The van der Waals surface area contributed by atoms with Crippen LogP contribution in [0.25, 0.3) is 11.4 Å². The van der Waals surface area contributed by atoms with Crippen LogP contribution in [0.5, 0.6) is 17.2 Å². The van der Waals surface area contributed by atoms with Crippen molar-refractivity contribution in [3.63, 3.8) is 0 Å². The van der Waals surface area contributed by atoms with Gasteiger partial charge < -0.3 is 24.8 Å². The van der Waals surface area contributed by atoms with Crippen LogP contribution in [0.2, 0.25) is 0 Å². The molecule has 0 spiro atoms. The van der Waals surface area contributed by atoms with Crippen molar-refractivity contribution in [1.82, 2.24) is 10.1 Å². The monoisotopic (exact) mass is 249 g/mol. The summed E-state index contributed by atoms with van der Waals surface area (Å²) in [5.74, 6) is 1.65. The summed E-state index contributed by atoms with van der Waals surface area (Å²) < 4.78 is 15.9. The van der Waals surface area contributed by atoms with Crippen molar-refractivity contribution < 1.29 is 19.1 Å². The molecule has 1 aliphatic heterocycles. The summed E-state index contributed by atoms with van der Waals surface area (Å²) >= 11 is 0. The summed E-state index contributed by atoms with van der Waals surface area (Å²) in [6.45, 7) is 1.04. The molecule has 0 saturated heterocycles. The maximum atomic E-state index is 9.65. The van der Waals surface area contributed by atoms with Crippen molar-refractivity contribution >= 4 is 0 Å². The molecule has 7 heteroatoms. The molecule has 1 aliphatic rings. The maximum absolute atomic E-state index is 9.65. The average molecular weight is 249 g/mol. The van der Waals surface area contributed by atoms with E-state index in [1.807, 2.05) is 0 Å². The summed E-state index contributed by atoms with van der Waals surface area (Å²) in [6.07, 6.45) is 0. The fourth-order valence-corrected chi connectivity index (χ4v) is 1.75. The first-order valence-electron chi connectivity index (χ1n) is 5.43. The Morgan fingerprint density at radius 2 is 2.11 bits per heavy atom. The minimum atomic E-state index is 0.0494. The third-order valence-electron chi connectivity index (χ3n) is 2.51. The topological polar surface area (TPSA) is 104 Å². The van der Waals surface area contributed by atoms with Crippen LogP contribution in [0.1, 0.15) is 5.89 Å². The van der Waals surface area contributed by atoms with Gasteiger partial charge in [0, 0.05) is 6.07 Å². The molecule has 3 rings (SSSR count). The molecule has 0 fully saturated rings. The van der Waals surface area contributed by atoms with E-state index in [9.17, 15) is 5.11 Å². The molecule has 0 aliphatic carbocycles. The van der Waals surface area contributed by atoms with E-state index in [0.29, 0.717) is 42.0 Å². The molecular weight excluding hydrogens is 238 g/mol. The zero-order valence-corrected chi connectivity index (χ0v) is 9.42. The molecule has 18 heavy (non-hydrogen) atoms. The van der Waals surface area contributed by atoms with Crippen molar-refractivity contribution in [1.29, 1.82) is 0 Å². The molecule has 2 heterocycles. The predicted molar refractivity (Wildman–Crippen MR) is 60.3 cm³/mol. The van der Waals surface area contributed by atoms with Crippen LogP contribution < -0.4 is 15.2 Å². The lowest BCUT2D eigenvalue weighted by atomic mass is 10.1. The zero-order valence-electron chi connectivity index (χ0n) is 9.42. The van der Waals surface area contributed by atoms with Crippen molar-refractivity contribution in [2.75, 3.05) is 13.2 Å². The second-order valence-corrected chi connectivity index (χ2v) is 3.73. The summed E-state index contributed by atoms with van der Waals surface area (Å²) in [5.41, 5.74) is 5.93. The molecule has 2 aromatic rings. The Bertz CT molecular complexity index is 582. The molecule has 0 saturated carbocycles. The zero-order chi connectivity index (χ0) is 12.5.